The van der Waals surface area contributed by atoms with Gasteiger partial charge in [0.2, 0.25) is 5.91 Å². The van der Waals surface area contributed by atoms with E-state index in [0.717, 1.165) is 0 Å². The third-order valence-electron chi connectivity index (χ3n) is 2.71. The van der Waals surface area contributed by atoms with Crippen LogP contribution in [0.5, 0.6) is 0 Å². The summed E-state index contributed by atoms with van der Waals surface area (Å²) in [7, 11) is 1.52. The van der Waals surface area contributed by atoms with Crippen molar-refractivity contribution in [1.82, 2.24) is 20.3 Å². The Balaban J connectivity index is 3.04. The molecule has 1 heterocycles. The fourth-order valence-corrected chi connectivity index (χ4v) is 1.74. The van der Waals surface area contributed by atoms with Gasteiger partial charge in [-0.2, -0.15) is 0 Å². The molecule has 0 aliphatic heterocycles. The number of carbonyl (C=O) groups excluding carboxylic acids is 1. The molecule has 1 rings (SSSR count). The van der Waals surface area contributed by atoms with Gasteiger partial charge in [0, 0.05) is 19.6 Å². The summed E-state index contributed by atoms with van der Waals surface area (Å²) >= 11 is 0. The molecular weight excluding hydrogens is 264 g/mol. The number of aromatic nitrogens is 3. The van der Waals surface area contributed by atoms with Crippen molar-refractivity contribution in [3.8, 4) is 0 Å². The molecule has 1 aromatic heterocycles. The first-order chi connectivity index (χ1) is 9.38. The number of carboxylic acid groups (broad SMARTS) is 1. The van der Waals surface area contributed by atoms with Gasteiger partial charge in [-0.25, -0.2) is 9.48 Å². The average molecular weight is 284 g/mol. The maximum atomic E-state index is 12.0. The molecule has 0 aliphatic rings. The molecule has 0 saturated heterocycles. The number of methoxy groups -OCH3 is 1. The lowest BCUT2D eigenvalue weighted by atomic mass is 10.2. The number of ether oxygens (including phenoxy) is 1. The van der Waals surface area contributed by atoms with Crippen molar-refractivity contribution in [2.24, 2.45) is 0 Å². The summed E-state index contributed by atoms with van der Waals surface area (Å²) in [5, 5.41) is 19.3. The van der Waals surface area contributed by atoms with Crippen LogP contribution in [0.3, 0.4) is 0 Å². The zero-order valence-electron chi connectivity index (χ0n) is 12.1. The van der Waals surface area contributed by atoms with Gasteiger partial charge in [-0.1, -0.05) is 5.21 Å². The second-order valence-electron chi connectivity index (χ2n) is 4.72. The average Bonchev–Trinajstić information content (AvgIpc) is 2.78. The highest BCUT2D eigenvalue weighted by atomic mass is 16.5. The molecule has 112 valence electrons. The van der Waals surface area contributed by atoms with Crippen LogP contribution in [0, 0.1) is 0 Å². The Labute approximate surface area is 117 Å². The van der Waals surface area contributed by atoms with Crippen LogP contribution >= 0.6 is 0 Å². The van der Waals surface area contributed by atoms with Gasteiger partial charge in [0.15, 0.2) is 5.69 Å². The van der Waals surface area contributed by atoms with Crippen LogP contribution in [-0.2, 0) is 16.0 Å². The first-order valence-corrected chi connectivity index (χ1v) is 6.35. The van der Waals surface area contributed by atoms with Crippen molar-refractivity contribution < 1.29 is 19.4 Å². The maximum Gasteiger partial charge on any atom is 0.358 e. The molecule has 1 unspecified atom stereocenters. The number of rotatable bonds is 7. The van der Waals surface area contributed by atoms with Crippen molar-refractivity contribution in [2.45, 2.75) is 39.3 Å². The summed E-state index contributed by atoms with van der Waals surface area (Å²) in [6.07, 6.45) is 0.324. The Bertz CT molecular complexity index is 484. The van der Waals surface area contributed by atoms with Crippen LogP contribution in [0.25, 0.3) is 0 Å². The van der Waals surface area contributed by atoms with Gasteiger partial charge in [0.05, 0.1) is 12.3 Å². The molecule has 0 saturated carbocycles. The Morgan fingerprint density at radius 1 is 1.40 bits per heavy atom. The minimum Gasteiger partial charge on any atom is -0.476 e. The maximum absolute atomic E-state index is 12.0. The lowest BCUT2D eigenvalue weighted by molar-refractivity contribution is -0.124. The highest BCUT2D eigenvalue weighted by molar-refractivity contribution is 5.87. The summed E-state index contributed by atoms with van der Waals surface area (Å²) in [6.45, 7) is 5.67. The van der Waals surface area contributed by atoms with E-state index in [2.05, 4.69) is 15.6 Å². The van der Waals surface area contributed by atoms with Crippen LogP contribution < -0.4 is 5.32 Å². The molecule has 0 radical (unpaired) electrons. The second-order valence-corrected chi connectivity index (χ2v) is 4.72. The van der Waals surface area contributed by atoms with Crippen molar-refractivity contribution in [2.75, 3.05) is 13.7 Å². The number of amides is 1. The van der Waals surface area contributed by atoms with E-state index in [0.29, 0.717) is 18.7 Å². The van der Waals surface area contributed by atoms with E-state index in [1.54, 1.807) is 6.92 Å². The SMILES string of the molecule is COCCc1c(C(=O)O)nnn1C(C)C(=O)NC(C)C. The lowest BCUT2D eigenvalue weighted by Crippen LogP contribution is -2.36. The van der Waals surface area contributed by atoms with Gasteiger partial charge in [-0.15, -0.1) is 5.10 Å². The number of nitrogens with one attached hydrogen (secondary N) is 1. The van der Waals surface area contributed by atoms with Gasteiger partial charge >= 0.3 is 5.97 Å². The van der Waals surface area contributed by atoms with Crippen molar-refractivity contribution in [1.29, 1.82) is 0 Å². The summed E-state index contributed by atoms with van der Waals surface area (Å²) in [6, 6.07) is -0.639. The Kier molecular flexibility index (Phi) is 5.63. The lowest BCUT2D eigenvalue weighted by Gasteiger charge is -2.16. The summed E-state index contributed by atoms with van der Waals surface area (Å²) in [5.74, 6) is -1.40. The number of carboxylic acids is 1. The number of hydrogen-bond acceptors (Lipinski definition) is 5. The van der Waals surface area contributed by atoms with Crippen LogP contribution in [0.15, 0.2) is 0 Å². The smallest absolute Gasteiger partial charge is 0.358 e. The molecule has 0 spiro atoms. The minimum absolute atomic E-state index is 0.00478. The first-order valence-electron chi connectivity index (χ1n) is 6.35. The standard InChI is InChI=1S/C12H20N4O4/c1-7(2)13-11(17)8(3)16-9(5-6-20-4)10(12(18)19)14-15-16/h7-8H,5-6H2,1-4H3,(H,13,17)(H,18,19). The normalized spacial score (nSPS) is 12.4. The molecule has 0 aliphatic carbocycles. The molecule has 8 nitrogen and oxygen atoms in total. The monoisotopic (exact) mass is 284 g/mol. The Hall–Kier alpha value is -1.96. The molecule has 8 heteroatoms. The third kappa shape index (κ3) is 3.77. The predicted octanol–water partition coefficient (Wildman–Crippen LogP) is 0.251. The van der Waals surface area contributed by atoms with Gasteiger partial charge < -0.3 is 15.2 Å². The largest absolute Gasteiger partial charge is 0.476 e. The van der Waals surface area contributed by atoms with Crippen molar-refractivity contribution >= 4 is 11.9 Å². The highest BCUT2D eigenvalue weighted by Gasteiger charge is 2.25. The Morgan fingerprint density at radius 3 is 2.55 bits per heavy atom. The van der Waals surface area contributed by atoms with Crippen LogP contribution in [0.4, 0.5) is 0 Å². The zero-order chi connectivity index (χ0) is 15.3. The number of nitrogens with zero attached hydrogens (tertiary/aromatic N) is 3. The molecule has 1 amide bonds. The molecular formula is C12H20N4O4. The Morgan fingerprint density at radius 2 is 2.05 bits per heavy atom. The van der Waals surface area contributed by atoms with E-state index < -0.39 is 12.0 Å². The molecule has 2 N–H and O–H groups in total. The number of hydrogen-bond donors (Lipinski definition) is 2. The van der Waals surface area contributed by atoms with E-state index >= 15 is 0 Å². The summed E-state index contributed by atoms with van der Waals surface area (Å²) in [5.41, 5.74) is 0.233. The first kappa shape index (κ1) is 16.1. The highest BCUT2D eigenvalue weighted by Crippen LogP contribution is 2.14. The fraction of sp³-hybridized carbons (Fsp3) is 0.667. The second kappa shape index (κ2) is 6.99. The van der Waals surface area contributed by atoms with Crippen LogP contribution in [0.2, 0.25) is 0 Å². The van der Waals surface area contributed by atoms with E-state index in [1.165, 1.54) is 11.8 Å². The topological polar surface area (TPSA) is 106 Å². The summed E-state index contributed by atoms with van der Waals surface area (Å²) < 4.78 is 6.28. The van der Waals surface area contributed by atoms with Crippen LogP contribution in [0.1, 0.15) is 43.0 Å². The molecule has 0 aromatic carbocycles. The molecule has 1 atom stereocenters. The number of carbonyl (C=O) groups is 2. The van der Waals surface area contributed by atoms with Crippen molar-refractivity contribution in [3.63, 3.8) is 0 Å². The fourth-order valence-electron chi connectivity index (χ4n) is 1.74. The van der Waals surface area contributed by atoms with Gasteiger partial charge in [-0.05, 0) is 20.8 Å². The predicted molar refractivity (Wildman–Crippen MR) is 70.6 cm³/mol. The quantitative estimate of drug-likeness (QED) is 0.743. The van der Waals surface area contributed by atoms with E-state index in [9.17, 15) is 9.59 Å². The minimum atomic E-state index is -1.17. The van der Waals surface area contributed by atoms with E-state index in [4.69, 9.17) is 9.84 Å². The van der Waals surface area contributed by atoms with E-state index in [1.807, 2.05) is 13.8 Å². The summed E-state index contributed by atoms with van der Waals surface area (Å²) in [4.78, 5) is 23.1. The number of aromatic carboxylic acids is 1. The van der Waals surface area contributed by atoms with Crippen LogP contribution in [-0.4, -0.2) is 51.7 Å². The molecule has 0 fully saturated rings. The molecule has 1 aromatic rings. The zero-order valence-corrected chi connectivity index (χ0v) is 12.1. The third-order valence-corrected chi connectivity index (χ3v) is 2.71. The van der Waals surface area contributed by atoms with Gasteiger partial charge in [0.1, 0.15) is 6.04 Å². The van der Waals surface area contributed by atoms with Crippen molar-refractivity contribution in [3.05, 3.63) is 11.4 Å². The molecule has 20 heavy (non-hydrogen) atoms. The molecule has 0 bridgehead atoms. The van der Waals surface area contributed by atoms with Gasteiger partial charge in [0.25, 0.3) is 0 Å². The van der Waals surface area contributed by atoms with E-state index in [-0.39, 0.29) is 17.6 Å². The van der Waals surface area contributed by atoms with Gasteiger partial charge in [-0.3, -0.25) is 4.79 Å².